The van der Waals surface area contributed by atoms with Crippen LogP contribution >= 0.6 is 0 Å². The SMILES string of the molecule is COC(=O)c1ccc(C(O)c2cc(OC)c(OC)c(OC)c2)cc1. The summed E-state index contributed by atoms with van der Waals surface area (Å²) in [6.07, 6.45) is -0.912. The molecule has 2 rings (SSSR count). The predicted molar refractivity (Wildman–Crippen MR) is 87.9 cm³/mol. The first-order chi connectivity index (χ1) is 11.5. The van der Waals surface area contributed by atoms with Crippen molar-refractivity contribution in [3.8, 4) is 17.2 Å². The van der Waals surface area contributed by atoms with Gasteiger partial charge in [0.1, 0.15) is 6.10 Å². The Morgan fingerprint density at radius 1 is 0.875 bits per heavy atom. The summed E-state index contributed by atoms with van der Waals surface area (Å²) in [6, 6.07) is 9.89. The second-order valence-electron chi connectivity index (χ2n) is 4.97. The molecule has 0 aromatic heterocycles. The fraction of sp³-hybridized carbons (Fsp3) is 0.278. The lowest BCUT2D eigenvalue weighted by molar-refractivity contribution is 0.0600. The number of rotatable bonds is 6. The van der Waals surface area contributed by atoms with E-state index in [9.17, 15) is 9.90 Å². The van der Waals surface area contributed by atoms with Crippen molar-refractivity contribution in [2.45, 2.75) is 6.10 Å². The van der Waals surface area contributed by atoms with Gasteiger partial charge in [0.05, 0.1) is 34.0 Å². The Morgan fingerprint density at radius 3 is 1.83 bits per heavy atom. The summed E-state index contributed by atoms with van der Waals surface area (Å²) in [6.45, 7) is 0. The van der Waals surface area contributed by atoms with Gasteiger partial charge in [-0.25, -0.2) is 4.79 Å². The number of hydrogen-bond donors (Lipinski definition) is 1. The van der Waals surface area contributed by atoms with E-state index in [4.69, 9.17) is 14.2 Å². The maximum atomic E-state index is 11.5. The molecule has 0 radical (unpaired) electrons. The smallest absolute Gasteiger partial charge is 0.337 e. The van der Waals surface area contributed by atoms with Crippen LogP contribution in [-0.4, -0.2) is 39.5 Å². The van der Waals surface area contributed by atoms with Gasteiger partial charge in [-0.2, -0.15) is 0 Å². The lowest BCUT2D eigenvalue weighted by Gasteiger charge is -2.17. The number of aliphatic hydroxyl groups is 1. The molecule has 24 heavy (non-hydrogen) atoms. The maximum Gasteiger partial charge on any atom is 0.337 e. The highest BCUT2D eigenvalue weighted by atomic mass is 16.5. The van der Waals surface area contributed by atoms with Crippen molar-refractivity contribution >= 4 is 5.97 Å². The van der Waals surface area contributed by atoms with E-state index in [0.717, 1.165) is 0 Å². The molecule has 0 heterocycles. The van der Waals surface area contributed by atoms with Crippen molar-refractivity contribution in [1.82, 2.24) is 0 Å². The van der Waals surface area contributed by atoms with Crippen LogP contribution in [0.3, 0.4) is 0 Å². The van der Waals surface area contributed by atoms with E-state index in [1.807, 2.05) is 0 Å². The predicted octanol–water partition coefficient (Wildman–Crippen LogP) is 2.58. The third-order valence-electron chi connectivity index (χ3n) is 3.65. The summed E-state index contributed by atoms with van der Waals surface area (Å²) in [4.78, 5) is 11.5. The van der Waals surface area contributed by atoms with Crippen LogP contribution in [-0.2, 0) is 4.74 Å². The van der Waals surface area contributed by atoms with E-state index in [1.54, 1.807) is 36.4 Å². The number of ether oxygens (including phenoxy) is 4. The summed E-state index contributed by atoms with van der Waals surface area (Å²) in [5.74, 6) is 0.940. The minimum absolute atomic E-state index is 0.415. The van der Waals surface area contributed by atoms with Gasteiger partial charge in [-0.05, 0) is 35.4 Å². The monoisotopic (exact) mass is 332 g/mol. The summed E-state index contributed by atoms with van der Waals surface area (Å²) < 4.78 is 20.5. The zero-order valence-corrected chi connectivity index (χ0v) is 14.0. The lowest BCUT2D eigenvalue weighted by atomic mass is 9.99. The molecule has 0 aliphatic carbocycles. The summed E-state index contributed by atoms with van der Waals surface area (Å²) in [7, 11) is 5.86. The zero-order chi connectivity index (χ0) is 17.7. The van der Waals surface area contributed by atoms with E-state index >= 15 is 0 Å². The molecule has 6 nitrogen and oxygen atoms in total. The van der Waals surface area contributed by atoms with Gasteiger partial charge in [0, 0.05) is 0 Å². The fourth-order valence-corrected chi connectivity index (χ4v) is 2.37. The molecule has 0 bridgehead atoms. The highest BCUT2D eigenvalue weighted by Gasteiger charge is 2.19. The van der Waals surface area contributed by atoms with Gasteiger partial charge in [0.15, 0.2) is 11.5 Å². The number of hydrogen-bond acceptors (Lipinski definition) is 6. The molecule has 2 aromatic rings. The Morgan fingerprint density at radius 2 is 1.42 bits per heavy atom. The van der Waals surface area contributed by atoms with Crippen molar-refractivity contribution < 1.29 is 28.8 Å². The third-order valence-corrected chi connectivity index (χ3v) is 3.65. The Labute approximate surface area is 140 Å². The zero-order valence-electron chi connectivity index (χ0n) is 14.0. The van der Waals surface area contributed by atoms with Gasteiger partial charge in [-0.15, -0.1) is 0 Å². The van der Waals surface area contributed by atoms with Gasteiger partial charge in [0.2, 0.25) is 5.75 Å². The van der Waals surface area contributed by atoms with E-state index < -0.39 is 12.1 Å². The average molecular weight is 332 g/mol. The standard InChI is InChI=1S/C18H20O6/c1-21-14-9-13(10-15(22-2)17(14)23-3)16(19)11-5-7-12(8-6-11)18(20)24-4/h5-10,16,19H,1-4H3. The van der Waals surface area contributed by atoms with E-state index in [1.165, 1.54) is 28.4 Å². The largest absolute Gasteiger partial charge is 0.493 e. The van der Waals surface area contributed by atoms with Crippen molar-refractivity contribution in [1.29, 1.82) is 0 Å². The van der Waals surface area contributed by atoms with Crippen LogP contribution in [0, 0.1) is 0 Å². The van der Waals surface area contributed by atoms with Crippen LogP contribution < -0.4 is 14.2 Å². The number of carbonyl (C=O) groups is 1. The average Bonchev–Trinajstić information content (AvgIpc) is 2.65. The molecule has 0 aliphatic heterocycles. The number of aliphatic hydroxyl groups excluding tert-OH is 1. The van der Waals surface area contributed by atoms with Crippen molar-refractivity contribution in [2.24, 2.45) is 0 Å². The van der Waals surface area contributed by atoms with Gasteiger partial charge in [-0.3, -0.25) is 0 Å². The van der Waals surface area contributed by atoms with E-state index in [2.05, 4.69) is 4.74 Å². The molecule has 0 aliphatic rings. The Balaban J connectivity index is 2.38. The molecular weight excluding hydrogens is 312 g/mol. The molecule has 1 atom stereocenters. The minimum atomic E-state index is -0.912. The molecule has 1 unspecified atom stereocenters. The van der Waals surface area contributed by atoms with Gasteiger partial charge in [-0.1, -0.05) is 12.1 Å². The van der Waals surface area contributed by atoms with Crippen molar-refractivity contribution in [2.75, 3.05) is 28.4 Å². The molecule has 0 spiro atoms. The first-order valence-electron chi connectivity index (χ1n) is 7.22. The maximum absolute atomic E-state index is 11.5. The molecule has 0 saturated carbocycles. The second kappa shape index (κ2) is 7.70. The quantitative estimate of drug-likeness (QED) is 0.820. The van der Waals surface area contributed by atoms with Crippen molar-refractivity contribution in [3.63, 3.8) is 0 Å². The van der Waals surface area contributed by atoms with Crippen LogP contribution in [0.1, 0.15) is 27.6 Å². The van der Waals surface area contributed by atoms with Gasteiger partial charge >= 0.3 is 5.97 Å². The highest BCUT2D eigenvalue weighted by molar-refractivity contribution is 5.89. The van der Waals surface area contributed by atoms with Crippen LogP contribution in [0.15, 0.2) is 36.4 Å². The highest BCUT2D eigenvalue weighted by Crippen LogP contribution is 2.40. The first kappa shape index (κ1) is 17.6. The van der Waals surface area contributed by atoms with Gasteiger partial charge < -0.3 is 24.1 Å². The second-order valence-corrected chi connectivity index (χ2v) is 4.97. The Bertz CT molecular complexity index is 683. The first-order valence-corrected chi connectivity index (χ1v) is 7.22. The summed E-state index contributed by atoms with van der Waals surface area (Å²) in [5.41, 5.74) is 1.62. The number of carbonyl (C=O) groups excluding carboxylic acids is 1. The Kier molecular flexibility index (Phi) is 5.65. The molecule has 128 valence electrons. The molecule has 0 fully saturated rings. The lowest BCUT2D eigenvalue weighted by Crippen LogP contribution is -2.05. The number of methoxy groups -OCH3 is 4. The normalized spacial score (nSPS) is 11.5. The summed E-state index contributed by atoms with van der Waals surface area (Å²) >= 11 is 0. The van der Waals surface area contributed by atoms with Crippen LogP contribution in [0.5, 0.6) is 17.2 Å². The fourth-order valence-electron chi connectivity index (χ4n) is 2.37. The minimum Gasteiger partial charge on any atom is -0.493 e. The van der Waals surface area contributed by atoms with Crippen LogP contribution in [0.4, 0.5) is 0 Å². The molecular formula is C18H20O6. The summed E-state index contributed by atoms with van der Waals surface area (Å²) in [5, 5.41) is 10.6. The van der Waals surface area contributed by atoms with Crippen molar-refractivity contribution in [3.05, 3.63) is 53.1 Å². The molecule has 6 heteroatoms. The van der Waals surface area contributed by atoms with Crippen LogP contribution in [0.2, 0.25) is 0 Å². The Hall–Kier alpha value is -2.73. The number of esters is 1. The van der Waals surface area contributed by atoms with Gasteiger partial charge in [0.25, 0.3) is 0 Å². The molecule has 2 aromatic carbocycles. The topological polar surface area (TPSA) is 74.2 Å². The number of benzene rings is 2. The third kappa shape index (κ3) is 3.44. The van der Waals surface area contributed by atoms with E-state index in [0.29, 0.717) is 33.9 Å². The molecule has 0 amide bonds. The molecule has 1 N–H and O–H groups in total. The van der Waals surface area contributed by atoms with E-state index in [-0.39, 0.29) is 0 Å². The van der Waals surface area contributed by atoms with Crippen LogP contribution in [0.25, 0.3) is 0 Å². The molecule has 0 saturated heterocycles.